The summed E-state index contributed by atoms with van der Waals surface area (Å²) in [4.78, 5) is 0. The van der Waals surface area contributed by atoms with Gasteiger partial charge in [0.2, 0.25) is 0 Å². The minimum absolute atomic E-state index is 0.0651. The van der Waals surface area contributed by atoms with Crippen molar-refractivity contribution in [1.82, 2.24) is 4.57 Å². The summed E-state index contributed by atoms with van der Waals surface area (Å²) in [7, 11) is 0. The Balaban J connectivity index is 1.22. The Morgan fingerprint density at radius 1 is 0.358 bits per heavy atom. The third-order valence-electron chi connectivity index (χ3n) is 11.6. The summed E-state index contributed by atoms with van der Waals surface area (Å²) >= 11 is 0. The van der Waals surface area contributed by atoms with Crippen molar-refractivity contribution in [3.63, 3.8) is 0 Å². The summed E-state index contributed by atoms with van der Waals surface area (Å²) in [5, 5.41) is 7.75. The van der Waals surface area contributed by atoms with Crippen molar-refractivity contribution in [3.05, 3.63) is 163 Å². The predicted molar refractivity (Wildman–Crippen MR) is 228 cm³/mol. The molecule has 0 N–H and O–H groups in total. The lowest BCUT2D eigenvalue weighted by molar-refractivity contribution is 0.590. The molecule has 9 aromatic rings. The van der Waals surface area contributed by atoms with Crippen molar-refractivity contribution in [2.24, 2.45) is 0 Å². The first-order valence-corrected chi connectivity index (χ1v) is 18.9. The molecule has 0 unspecified atom stereocenters. The van der Waals surface area contributed by atoms with Gasteiger partial charge in [0.1, 0.15) is 0 Å². The minimum Gasteiger partial charge on any atom is -0.309 e. The van der Waals surface area contributed by atoms with Crippen LogP contribution in [-0.2, 0) is 10.8 Å². The second-order valence-corrected chi connectivity index (χ2v) is 17.0. The molecule has 0 saturated heterocycles. The van der Waals surface area contributed by atoms with Crippen LogP contribution in [-0.4, -0.2) is 4.57 Å². The number of rotatable bonds is 3. The number of hydrogen-bond donors (Lipinski definition) is 0. The maximum absolute atomic E-state index is 2.48. The molecule has 0 aliphatic heterocycles. The van der Waals surface area contributed by atoms with E-state index in [1.165, 1.54) is 105 Å². The topological polar surface area (TPSA) is 4.93 Å². The standard InChI is InChI=1S/C52H43N/c1-51(2,3)36-22-25-45-41(30-36)42-31-37(52(4,5)6)23-26-46(42)53(45)38-24-21-34-28-43-44(29-35(34)27-38)50-48(33-17-11-8-12-18-33)40-20-14-13-19-39(40)47(49(43)50)32-15-9-7-10-16-32/h7-31H,1-6H3. The van der Waals surface area contributed by atoms with Crippen LogP contribution in [0.15, 0.2) is 152 Å². The van der Waals surface area contributed by atoms with E-state index in [-0.39, 0.29) is 10.8 Å². The molecule has 1 nitrogen and oxygen atoms in total. The van der Waals surface area contributed by atoms with E-state index in [1.54, 1.807) is 0 Å². The van der Waals surface area contributed by atoms with E-state index >= 15 is 0 Å². The molecule has 256 valence electrons. The first-order valence-electron chi connectivity index (χ1n) is 18.9. The highest BCUT2D eigenvalue weighted by Crippen LogP contribution is 2.59. The molecule has 1 aliphatic carbocycles. The van der Waals surface area contributed by atoms with Gasteiger partial charge in [-0.05, 0) is 137 Å². The molecule has 1 heterocycles. The van der Waals surface area contributed by atoms with Gasteiger partial charge >= 0.3 is 0 Å². The van der Waals surface area contributed by atoms with Crippen LogP contribution >= 0.6 is 0 Å². The highest BCUT2D eigenvalue weighted by Gasteiger charge is 2.32. The van der Waals surface area contributed by atoms with Crippen molar-refractivity contribution < 1.29 is 0 Å². The van der Waals surface area contributed by atoms with Crippen molar-refractivity contribution >= 4 is 43.4 Å². The summed E-state index contributed by atoms with van der Waals surface area (Å²) in [6.45, 7) is 13.8. The Labute approximate surface area is 312 Å². The first kappa shape index (κ1) is 31.8. The first-order chi connectivity index (χ1) is 25.6. The molecule has 1 heteroatoms. The van der Waals surface area contributed by atoms with Crippen LogP contribution < -0.4 is 0 Å². The number of fused-ring (bicyclic) bond motifs is 9. The van der Waals surface area contributed by atoms with Gasteiger partial charge in [0.25, 0.3) is 0 Å². The Hall–Kier alpha value is -5.92. The Kier molecular flexibility index (Phi) is 6.77. The minimum atomic E-state index is 0.0651. The third-order valence-corrected chi connectivity index (χ3v) is 11.6. The predicted octanol–water partition coefficient (Wildman–Crippen LogP) is 14.7. The maximum Gasteiger partial charge on any atom is 0.0541 e. The Bertz CT molecular complexity index is 2860. The average Bonchev–Trinajstić information content (AvgIpc) is 3.49. The highest BCUT2D eigenvalue weighted by molar-refractivity contribution is 6.26. The largest absolute Gasteiger partial charge is 0.309 e. The van der Waals surface area contributed by atoms with Gasteiger partial charge in [-0.25, -0.2) is 0 Å². The summed E-state index contributed by atoms with van der Waals surface area (Å²) in [6.07, 6.45) is 0. The van der Waals surface area contributed by atoms with Gasteiger partial charge in [-0.15, -0.1) is 0 Å². The van der Waals surface area contributed by atoms with Gasteiger partial charge in [0.05, 0.1) is 11.0 Å². The number of aromatic nitrogens is 1. The zero-order valence-corrected chi connectivity index (χ0v) is 31.4. The highest BCUT2D eigenvalue weighted by atomic mass is 15.0. The summed E-state index contributed by atoms with van der Waals surface area (Å²) in [5.74, 6) is 0. The van der Waals surface area contributed by atoms with E-state index < -0.39 is 0 Å². The fraction of sp³-hybridized carbons (Fsp3) is 0.154. The number of hydrogen-bond acceptors (Lipinski definition) is 0. The van der Waals surface area contributed by atoms with E-state index in [1.807, 2.05) is 0 Å². The molecule has 0 amide bonds. The average molecular weight is 682 g/mol. The summed E-state index contributed by atoms with van der Waals surface area (Å²) in [5.41, 5.74) is 17.1. The molecule has 10 rings (SSSR count). The number of nitrogens with zero attached hydrogens (tertiary/aromatic N) is 1. The zero-order valence-electron chi connectivity index (χ0n) is 31.4. The molecule has 0 saturated carbocycles. The van der Waals surface area contributed by atoms with E-state index in [2.05, 4.69) is 198 Å². The second kappa shape index (κ2) is 11.3. The van der Waals surface area contributed by atoms with Crippen molar-refractivity contribution in [1.29, 1.82) is 0 Å². The molecule has 0 fully saturated rings. The lowest BCUT2D eigenvalue weighted by Gasteiger charge is -2.32. The van der Waals surface area contributed by atoms with Crippen LogP contribution in [0, 0.1) is 0 Å². The molecule has 1 aliphatic rings. The lowest BCUT2D eigenvalue weighted by Crippen LogP contribution is -2.10. The summed E-state index contributed by atoms with van der Waals surface area (Å²) in [6, 6.07) is 57.0. The molecule has 0 atom stereocenters. The third kappa shape index (κ3) is 4.84. The van der Waals surface area contributed by atoms with Crippen LogP contribution in [0.2, 0.25) is 0 Å². The van der Waals surface area contributed by atoms with Gasteiger partial charge in [0, 0.05) is 16.5 Å². The normalized spacial score (nSPS) is 12.7. The summed E-state index contributed by atoms with van der Waals surface area (Å²) < 4.78 is 2.48. The fourth-order valence-electron chi connectivity index (χ4n) is 8.80. The van der Waals surface area contributed by atoms with Gasteiger partial charge in [0.15, 0.2) is 0 Å². The molecule has 8 aromatic carbocycles. The monoisotopic (exact) mass is 681 g/mol. The molecule has 0 spiro atoms. The molecule has 0 radical (unpaired) electrons. The van der Waals surface area contributed by atoms with Crippen molar-refractivity contribution in [2.45, 2.75) is 52.4 Å². The van der Waals surface area contributed by atoms with Crippen LogP contribution in [0.3, 0.4) is 0 Å². The molecule has 53 heavy (non-hydrogen) atoms. The van der Waals surface area contributed by atoms with Crippen LogP contribution in [0.1, 0.15) is 52.7 Å². The Morgan fingerprint density at radius 3 is 1.28 bits per heavy atom. The van der Waals surface area contributed by atoms with E-state index in [0.29, 0.717) is 0 Å². The van der Waals surface area contributed by atoms with E-state index in [0.717, 1.165) is 0 Å². The molecule has 0 bridgehead atoms. The van der Waals surface area contributed by atoms with Gasteiger partial charge < -0.3 is 4.57 Å². The van der Waals surface area contributed by atoms with Gasteiger partial charge in [-0.1, -0.05) is 145 Å². The molecular formula is C52H43N. The van der Waals surface area contributed by atoms with Crippen molar-refractivity contribution in [2.75, 3.05) is 0 Å². The van der Waals surface area contributed by atoms with Gasteiger partial charge in [-0.2, -0.15) is 0 Å². The number of benzene rings is 8. The van der Waals surface area contributed by atoms with E-state index in [9.17, 15) is 0 Å². The zero-order chi connectivity index (χ0) is 36.2. The van der Waals surface area contributed by atoms with Crippen LogP contribution in [0.25, 0.3) is 93.5 Å². The van der Waals surface area contributed by atoms with Gasteiger partial charge in [-0.3, -0.25) is 0 Å². The molecule has 1 aromatic heterocycles. The quantitative estimate of drug-likeness (QED) is 0.175. The SMILES string of the molecule is CC(C)(C)c1ccc2c(c1)c1cc(C(C)(C)C)ccc1n2-c1ccc2cc3c(cc2c1)-c1c-3c(-c2ccccc2)c2ccccc2c1-c1ccccc1. The smallest absolute Gasteiger partial charge is 0.0541 e. The van der Waals surface area contributed by atoms with Crippen LogP contribution in [0.5, 0.6) is 0 Å². The maximum atomic E-state index is 2.48. The lowest BCUT2D eigenvalue weighted by atomic mass is 9.70. The Morgan fingerprint density at radius 2 is 0.811 bits per heavy atom. The molecular weight excluding hydrogens is 639 g/mol. The van der Waals surface area contributed by atoms with Crippen LogP contribution in [0.4, 0.5) is 0 Å². The van der Waals surface area contributed by atoms with E-state index in [4.69, 9.17) is 0 Å². The fourth-order valence-corrected chi connectivity index (χ4v) is 8.80. The van der Waals surface area contributed by atoms with Crippen molar-refractivity contribution in [3.8, 4) is 50.2 Å². The second-order valence-electron chi connectivity index (χ2n) is 17.0.